The number of alkyl halides is 3. The Kier molecular flexibility index (Phi) is 5.59. The summed E-state index contributed by atoms with van der Waals surface area (Å²) in [4.78, 5) is 0. The average Bonchev–Trinajstić information content (AvgIpc) is 1.92. The molecule has 1 N–H and O–H groups in total. The van der Waals surface area contributed by atoms with Gasteiger partial charge < -0.3 is 10.1 Å². The quantitative estimate of drug-likeness (QED) is 0.729. The van der Waals surface area contributed by atoms with Crippen LogP contribution >= 0.6 is 0 Å². The van der Waals surface area contributed by atoms with E-state index in [1.165, 1.54) is 6.92 Å². The molecule has 0 aromatic rings. The van der Waals surface area contributed by atoms with Crippen LogP contribution in [-0.2, 0) is 4.74 Å². The minimum absolute atomic E-state index is 0.241. The summed E-state index contributed by atoms with van der Waals surface area (Å²) < 4.78 is 41.2. The number of hydrogen-bond acceptors (Lipinski definition) is 2. The molecule has 92 valence electrons. The zero-order chi connectivity index (χ0) is 12.1. The standard InChI is InChI=1S/C10H20F3NO/c1-8(7-10(11,12)13)14-5-6-15-9(2,3)4/h8,14H,5-7H2,1-4H3. The molecule has 0 radical (unpaired) electrons. The Morgan fingerprint density at radius 2 is 1.73 bits per heavy atom. The highest BCUT2D eigenvalue weighted by Gasteiger charge is 2.29. The molecular weight excluding hydrogens is 207 g/mol. The highest BCUT2D eigenvalue weighted by atomic mass is 19.4. The van der Waals surface area contributed by atoms with Crippen LogP contribution in [0.2, 0.25) is 0 Å². The van der Waals surface area contributed by atoms with Gasteiger partial charge in [-0.05, 0) is 27.7 Å². The number of nitrogens with one attached hydrogen (secondary N) is 1. The van der Waals surface area contributed by atoms with Gasteiger partial charge in [0.1, 0.15) is 0 Å². The van der Waals surface area contributed by atoms with Gasteiger partial charge in [-0.3, -0.25) is 0 Å². The van der Waals surface area contributed by atoms with Crippen molar-refractivity contribution in [1.82, 2.24) is 5.32 Å². The van der Waals surface area contributed by atoms with Crippen molar-refractivity contribution in [3.05, 3.63) is 0 Å². The maximum absolute atomic E-state index is 11.9. The minimum Gasteiger partial charge on any atom is -0.375 e. The molecule has 0 fully saturated rings. The van der Waals surface area contributed by atoms with Gasteiger partial charge >= 0.3 is 6.18 Å². The third-order valence-electron chi connectivity index (χ3n) is 1.67. The van der Waals surface area contributed by atoms with E-state index >= 15 is 0 Å². The predicted molar refractivity (Wildman–Crippen MR) is 53.8 cm³/mol. The first-order chi connectivity index (χ1) is 6.60. The van der Waals surface area contributed by atoms with Gasteiger partial charge in [0.05, 0.1) is 18.6 Å². The molecule has 0 aliphatic rings. The topological polar surface area (TPSA) is 21.3 Å². The fourth-order valence-corrected chi connectivity index (χ4v) is 1.08. The number of hydrogen-bond donors (Lipinski definition) is 1. The van der Waals surface area contributed by atoms with E-state index in [1.54, 1.807) is 0 Å². The second-order valence-corrected chi connectivity index (χ2v) is 4.64. The van der Waals surface area contributed by atoms with Crippen LogP contribution in [0.5, 0.6) is 0 Å². The summed E-state index contributed by atoms with van der Waals surface area (Å²) in [6.07, 6.45) is -4.90. The van der Waals surface area contributed by atoms with Crippen molar-refractivity contribution in [2.75, 3.05) is 13.2 Å². The van der Waals surface area contributed by atoms with E-state index < -0.39 is 18.6 Å². The summed E-state index contributed by atoms with van der Waals surface area (Å²) in [7, 11) is 0. The fraction of sp³-hybridized carbons (Fsp3) is 1.00. The maximum atomic E-state index is 11.9. The summed E-state index contributed by atoms with van der Waals surface area (Å²) in [6.45, 7) is 8.11. The zero-order valence-electron chi connectivity index (χ0n) is 9.74. The maximum Gasteiger partial charge on any atom is 0.390 e. The highest BCUT2D eigenvalue weighted by molar-refractivity contribution is 4.66. The second kappa shape index (κ2) is 5.70. The highest BCUT2D eigenvalue weighted by Crippen LogP contribution is 2.21. The molecule has 2 nitrogen and oxygen atoms in total. The molecule has 0 aliphatic carbocycles. The van der Waals surface area contributed by atoms with Crippen molar-refractivity contribution >= 4 is 0 Å². The van der Waals surface area contributed by atoms with Gasteiger partial charge in [0.25, 0.3) is 0 Å². The van der Waals surface area contributed by atoms with Crippen molar-refractivity contribution in [1.29, 1.82) is 0 Å². The third kappa shape index (κ3) is 11.6. The lowest BCUT2D eigenvalue weighted by molar-refractivity contribution is -0.139. The Labute approximate surface area is 89.2 Å². The Bertz CT molecular complexity index is 174. The van der Waals surface area contributed by atoms with E-state index in [1.807, 2.05) is 20.8 Å². The van der Waals surface area contributed by atoms with E-state index in [9.17, 15) is 13.2 Å². The zero-order valence-corrected chi connectivity index (χ0v) is 9.74. The molecule has 0 heterocycles. The molecule has 0 aromatic heterocycles. The monoisotopic (exact) mass is 227 g/mol. The lowest BCUT2D eigenvalue weighted by Crippen LogP contribution is -2.35. The molecule has 0 amide bonds. The van der Waals surface area contributed by atoms with Crippen molar-refractivity contribution in [2.45, 2.75) is 51.9 Å². The smallest absolute Gasteiger partial charge is 0.375 e. The van der Waals surface area contributed by atoms with E-state index in [-0.39, 0.29) is 5.60 Å². The Hall–Kier alpha value is -0.290. The summed E-state index contributed by atoms with van der Waals surface area (Å²) in [5.74, 6) is 0. The van der Waals surface area contributed by atoms with Gasteiger partial charge in [-0.1, -0.05) is 0 Å². The number of ether oxygens (including phenoxy) is 1. The Morgan fingerprint density at radius 1 is 1.20 bits per heavy atom. The predicted octanol–water partition coefficient (Wildman–Crippen LogP) is 2.73. The molecule has 0 rings (SSSR count). The summed E-state index contributed by atoms with van der Waals surface area (Å²) in [6, 6.07) is -0.562. The van der Waals surface area contributed by atoms with Crippen molar-refractivity contribution in [3.63, 3.8) is 0 Å². The van der Waals surface area contributed by atoms with E-state index in [4.69, 9.17) is 4.74 Å². The van der Waals surface area contributed by atoms with Crippen LogP contribution in [0.4, 0.5) is 13.2 Å². The molecule has 0 bridgehead atoms. The van der Waals surface area contributed by atoms with Gasteiger partial charge in [-0.25, -0.2) is 0 Å². The summed E-state index contributed by atoms with van der Waals surface area (Å²) in [5, 5.41) is 2.77. The molecule has 0 aromatic carbocycles. The molecule has 1 unspecified atom stereocenters. The average molecular weight is 227 g/mol. The summed E-state index contributed by atoms with van der Waals surface area (Å²) >= 11 is 0. The molecule has 0 spiro atoms. The van der Waals surface area contributed by atoms with Crippen molar-refractivity contribution < 1.29 is 17.9 Å². The lowest BCUT2D eigenvalue weighted by atomic mass is 10.2. The molecule has 15 heavy (non-hydrogen) atoms. The Morgan fingerprint density at radius 3 is 2.13 bits per heavy atom. The first-order valence-electron chi connectivity index (χ1n) is 5.04. The van der Waals surface area contributed by atoms with Crippen molar-refractivity contribution in [3.8, 4) is 0 Å². The van der Waals surface area contributed by atoms with Crippen LogP contribution in [0, 0.1) is 0 Å². The number of rotatable bonds is 5. The first-order valence-corrected chi connectivity index (χ1v) is 5.04. The van der Waals surface area contributed by atoms with Crippen LogP contribution in [0.25, 0.3) is 0 Å². The van der Waals surface area contributed by atoms with Gasteiger partial charge in [-0.2, -0.15) is 13.2 Å². The van der Waals surface area contributed by atoms with Gasteiger partial charge in [0, 0.05) is 12.6 Å². The lowest BCUT2D eigenvalue weighted by Gasteiger charge is -2.21. The van der Waals surface area contributed by atoms with Gasteiger partial charge in [0.2, 0.25) is 0 Å². The van der Waals surface area contributed by atoms with E-state index in [2.05, 4.69) is 5.32 Å². The molecular formula is C10H20F3NO. The van der Waals surface area contributed by atoms with Crippen LogP contribution in [0.15, 0.2) is 0 Å². The van der Waals surface area contributed by atoms with Gasteiger partial charge in [0.15, 0.2) is 0 Å². The largest absolute Gasteiger partial charge is 0.390 e. The second-order valence-electron chi connectivity index (χ2n) is 4.64. The normalized spacial score (nSPS) is 15.4. The summed E-state index contributed by atoms with van der Waals surface area (Å²) in [5.41, 5.74) is -0.241. The molecule has 5 heteroatoms. The van der Waals surface area contributed by atoms with E-state index in [0.29, 0.717) is 13.2 Å². The van der Waals surface area contributed by atoms with E-state index in [0.717, 1.165) is 0 Å². The van der Waals surface area contributed by atoms with Crippen LogP contribution in [0.1, 0.15) is 34.1 Å². The van der Waals surface area contributed by atoms with Crippen LogP contribution in [0.3, 0.4) is 0 Å². The Balaban J connectivity index is 3.52. The molecule has 0 aliphatic heterocycles. The molecule has 0 saturated carbocycles. The molecule has 1 atom stereocenters. The SMILES string of the molecule is CC(CC(F)(F)F)NCCOC(C)(C)C. The van der Waals surface area contributed by atoms with Crippen LogP contribution < -0.4 is 5.32 Å². The van der Waals surface area contributed by atoms with Crippen molar-refractivity contribution in [2.24, 2.45) is 0 Å². The minimum atomic E-state index is -4.10. The van der Waals surface area contributed by atoms with Crippen LogP contribution in [-0.4, -0.2) is 31.0 Å². The fourth-order valence-electron chi connectivity index (χ4n) is 1.08. The van der Waals surface area contributed by atoms with Gasteiger partial charge in [-0.15, -0.1) is 0 Å². The number of halogens is 3. The molecule has 0 saturated heterocycles. The first kappa shape index (κ1) is 14.7. The third-order valence-corrected chi connectivity index (χ3v) is 1.67.